The van der Waals surface area contributed by atoms with Gasteiger partial charge in [-0.25, -0.2) is 0 Å². The molecule has 4 nitrogen and oxygen atoms in total. The average molecular weight is 312 g/mol. The van der Waals surface area contributed by atoms with Gasteiger partial charge in [-0.3, -0.25) is 4.79 Å². The van der Waals surface area contributed by atoms with Gasteiger partial charge in [-0.1, -0.05) is 36.7 Å². The number of thiocarbonyl (C=S) groups is 1. The van der Waals surface area contributed by atoms with Crippen LogP contribution in [0.3, 0.4) is 0 Å². The van der Waals surface area contributed by atoms with Gasteiger partial charge >= 0.3 is 0 Å². The number of hydrogen-bond acceptors (Lipinski definition) is 3. The van der Waals surface area contributed by atoms with E-state index in [-0.39, 0.29) is 17.4 Å². The van der Waals surface area contributed by atoms with Gasteiger partial charge in [-0.15, -0.1) is 0 Å². The second kappa shape index (κ2) is 6.41. The smallest absolute Gasteiger partial charge is 0.236 e. The summed E-state index contributed by atoms with van der Waals surface area (Å²) in [6.07, 6.45) is 4.42. The maximum Gasteiger partial charge on any atom is 0.236 e. The fraction of sp³-hybridized carbons (Fsp3) is 0.429. The first kappa shape index (κ1) is 15.1. The van der Waals surface area contributed by atoms with Gasteiger partial charge in [0.05, 0.1) is 6.54 Å². The Morgan fingerprint density at radius 2 is 2.00 bits per heavy atom. The largest absolute Gasteiger partial charge is 0.389 e. The molecule has 0 atom stereocenters. The molecule has 1 aromatic carbocycles. The molecule has 1 saturated carbocycles. The van der Waals surface area contributed by atoms with Gasteiger partial charge in [0, 0.05) is 22.3 Å². The predicted octanol–water partition coefficient (Wildman–Crippen LogP) is 2.21. The molecule has 0 aromatic heterocycles. The lowest BCUT2D eigenvalue weighted by atomic mass is 10.1. The Labute approximate surface area is 129 Å². The van der Waals surface area contributed by atoms with Crippen molar-refractivity contribution < 1.29 is 4.79 Å². The van der Waals surface area contributed by atoms with Crippen molar-refractivity contribution in [2.24, 2.45) is 11.5 Å². The van der Waals surface area contributed by atoms with E-state index in [0.29, 0.717) is 16.6 Å². The highest BCUT2D eigenvalue weighted by molar-refractivity contribution is 7.80. The standard InChI is InChI=1S/C14H18ClN3OS/c15-9-5-6-12(11(7-9)14(17)20)18(8-13(16)19)10-3-1-2-4-10/h5-7,10H,1-4,8H2,(H2,16,19)(H2,17,20). The van der Waals surface area contributed by atoms with E-state index in [2.05, 4.69) is 0 Å². The zero-order valence-corrected chi connectivity index (χ0v) is 12.7. The van der Waals surface area contributed by atoms with Crippen LogP contribution < -0.4 is 16.4 Å². The number of benzene rings is 1. The molecule has 1 aliphatic carbocycles. The van der Waals surface area contributed by atoms with E-state index in [1.54, 1.807) is 12.1 Å². The molecular weight excluding hydrogens is 294 g/mol. The summed E-state index contributed by atoms with van der Waals surface area (Å²) in [4.78, 5) is 13.7. The summed E-state index contributed by atoms with van der Waals surface area (Å²) in [7, 11) is 0. The minimum atomic E-state index is -0.360. The SMILES string of the molecule is NC(=O)CN(c1ccc(Cl)cc1C(N)=S)C1CCCC1. The van der Waals surface area contributed by atoms with Crippen LogP contribution in [0.25, 0.3) is 0 Å². The molecule has 1 amide bonds. The van der Waals surface area contributed by atoms with Crippen molar-refractivity contribution >= 4 is 40.4 Å². The molecule has 0 unspecified atom stereocenters. The fourth-order valence-corrected chi connectivity index (χ4v) is 3.09. The second-order valence-corrected chi connectivity index (χ2v) is 5.93. The first-order valence-electron chi connectivity index (χ1n) is 6.63. The van der Waals surface area contributed by atoms with E-state index in [1.165, 1.54) is 0 Å². The molecule has 1 fully saturated rings. The van der Waals surface area contributed by atoms with Crippen molar-refractivity contribution in [2.75, 3.05) is 11.4 Å². The van der Waals surface area contributed by atoms with Gasteiger partial charge in [0.25, 0.3) is 0 Å². The highest BCUT2D eigenvalue weighted by Gasteiger charge is 2.26. The third-order valence-corrected chi connectivity index (χ3v) is 4.08. The Morgan fingerprint density at radius 1 is 1.35 bits per heavy atom. The average Bonchev–Trinajstić information content (AvgIpc) is 2.89. The van der Waals surface area contributed by atoms with Crippen LogP contribution in [0.4, 0.5) is 5.69 Å². The van der Waals surface area contributed by atoms with Crippen molar-refractivity contribution in [1.82, 2.24) is 0 Å². The Hall–Kier alpha value is -1.33. The number of halogens is 1. The van der Waals surface area contributed by atoms with Crippen LogP contribution >= 0.6 is 23.8 Å². The third kappa shape index (κ3) is 3.41. The summed E-state index contributed by atoms with van der Waals surface area (Å²) in [6, 6.07) is 5.68. The van der Waals surface area contributed by atoms with E-state index in [4.69, 9.17) is 35.3 Å². The number of amides is 1. The van der Waals surface area contributed by atoms with Crippen LogP contribution in [0.5, 0.6) is 0 Å². The van der Waals surface area contributed by atoms with Crippen LogP contribution in [0.15, 0.2) is 18.2 Å². The van der Waals surface area contributed by atoms with E-state index < -0.39 is 0 Å². The van der Waals surface area contributed by atoms with Crippen molar-refractivity contribution in [3.8, 4) is 0 Å². The molecule has 0 aliphatic heterocycles. The van der Waals surface area contributed by atoms with E-state index in [1.807, 2.05) is 11.0 Å². The number of hydrogen-bond donors (Lipinski definition) is 2. The van der Waals surface area contributed by atoms with Gasteiger partial charge in [0.2, 0.25) is 5.91 Å². The molecule has 0 radical (unpaired) electrons. The number of nitrogens with two attached hydrogens (primary N) is 2. The minimum Gasteiger partial charge on any atom is -0.389 e. The number of primary amides is 1. The summed E-state index contributed by atoms with van der Waals surface area (Å²) in [6.45, 7) is 0.169. The van der Waals surface area contributed by atoms with Crippen molar-refractivity contribution in [3.05, 3.63) is 28.8 Å². The molecule has 6 heteroatoms. The monoisotopic (exact) mass is 311 g/mol. The van der Waals surface area contributed by atoms with Gasteiger partial charge in [-0.2, -0.15) is 0 Å². The number of rotatable bonds is 5. The Kier molecular flexibility index (Phi) is 4.83. The molecule has 1 aliphatic rings. The highest BCUT2D eigenvalue weighted by Crippen LogP contribution is 2.31. The molecule has 2 rings (SSSR count). The first-order valence-corrected chi connectivity index (χ1v) is 7.42. The number of carbonyl (C=O) groups is 1. The molecule has 108 valence electrons. The summed E-state index contributed by atoms with van der Waals surface area (Å²) in [5.41, 5.74) is 12.7. The van der Waals surface area contributed by atoms with Crippen LogP contribution in [-0.4, -0.2) is 23.5 Å². The third-order valence-electron chi connectivity index (χ3n) is 3.63. The minimum absolute atomic E-state index is 0.169. The quantitative estimate of drug-likeness (QED) is 0.818. The van der Waals surface area contributed by atoms with Crippen LogP contribution in [0, 0.1) is 0 Å². The maximum atomic E-state index is 11.4. The number of anilines is 1. The van der Waals surface area contributed by atoms with E-state index in [9.17, 15) is 4.79 Å². The lowest BCUT2D eigenvalue weighted by Gasteiger charge is -2.31. The Bertz CT molecular complexity index is 529. The molecule has 4 N–H and O–H groups in total. The lowest BCUT2D eigenvalue weighted by Crippen LogP contribution is -2.41. The van der Waals surface area contributed by atoms with Crippen LogP contribution in [0.1, 0.15) is 31.2 Å². The van der Waals surface area contributed by atoms with E-state index in [0.717, 1.165) is 31.4 Å². The molecule has 20 heavy (non-hydrogen) atoms. The number of carbonyl (C=O) groups excluding carboxylic acids is 1. The fourth-order valence-electron chi connectivity index (χ4n) is 2.75. The maximum absolute atomic E-state index is 11.4. The summed E-state index contributed by atoms with van der Waals surface area (Å²) < 4.78 is 0. The van der Waals surface area contributed by atoms with Gasteiger partial charge in [0.1, 0.15) is 4.99 Å². The molecular formula is C14H18ClN3OS. The first-order chi connectivity index (χ1) is 9.49. The summed E-state index contributed by atoms with van der Waals surface area (Å²) in [5.74, 6) is -0.360. The molecule has 1 aromatic rings. The lowest BCUT2D eigenvalue weighted by molar-refractivity contribution is -0.116. The molecule has 0 bridgehead atoms. The second-order valence-electron chi connectivity index (χ2n) is 5.06. The summed E-state index contributed by atoms with van der Waals surface area (Å²) >= 11 is 11.1. The van der Waals surface area contributed by atoms with Gasteiger partial charge < -0.3 is 16.4 Å². The normalized spacial score (nSPS) is 15.2. The van der Waals surface area contributed by atoms with Crippen LogP contribution in [0.2, 0.25) is 5.02 Å². The van der Waals surface area contributed by atoms with Crippen molar-refractivity contribution in [1.29, 1.82) is 0 Å². The van der Waals surface area contributed by atoms with Crippen molar-refractivity contribution in [3.63, 3.8) is 0 Å². The summed E-state index contributed by atoms with van der Waals surface area (Å²) in [5, 5.41) is 0.571. The Morgan fingerprint density at radius 3 is 2.55 bits per heavy atom. The zero-order valence-electron chi connectivity index (χ0n) is 11.1. The van der Waals surface area contributed by atoms with Gasteiger partial charge in [-0.05, 0) is 31.0 Å². The predicted molar refractivity (Wildman–Crippen MR) is 86.1 cm³/mol. The van der Waals surface area contributed by atoms with E-state index >= 15 is 0 Å². The van der Waals surface area contributed by atoms with Crippen molar-refractivity contribution in [2.45, 2.75) is 31.7 Å². The zero-order chi connectivity index (χ0) is 14.7. The van der Waals surface area contributed by atoms with Gasteiger partial charge in [0.15, 0.2) is 0 Å². The molecule has 0 spiro atoms. The molecule has 0 heterocycles. The Balaban J connectivity index is 2.41. The topological polar surface area (TPSA) is 72.4 Å². The van der Waals surface area contributed by atoms with Crippen LogP contribution in [-0.2, 0) is 4.79 Å². The highest BCUT2D eigenvalue weighted by atomic mass is 35.5. The molecule has 0 saturated heterocycles. The number of nitrogens with zero attached hydrogens (tertiary/aromatic N) is 1.